The van der Waals surface area contributed by atoms with Crippen LogP contribution in [0.1, 0.15) is 31.6 Å². The molecule has 0 radical (unpaired) electrons. The van der Waals surface area contributed by atoms with Gasteiger partial charge in [-0.25, -0.2) is 15.0 Å². The van der Waals surface area contributed by atoms with Crippen molar-refractivity contribution in [2.45, 2.75) is 38.5 Å². The molecule has 1 saturated heterocycles. The van der Waals surface area contributed by atoms with Crippen LogP contribution in [0.15, 0.2) is 43.1 Å². The fourth-order valence-corrected chi connectivity index (χ4v) is 3.83. The largest absolute Gasteiger partial charge is 0.368 e. The number of aromatic amines is 1. The molecule has 2 atom stereocenters. The summed E-state index contributed by atoms with van der Waals surface area (Å²) >= 11 is 0. The lowest BCUT2D eigenvalue weighted by Gasteiger charge is -2.13. The quantitative estimate of drug-likeness (QED) is 0.566. The number of H-pyrrole nitrogens is 1. The van der Waals surface area contributed by atoms with Crippen molar-refractivity contribution >= 4 is 27.9 Å². The van der Waals surface area contributed by atoms with Crippen molar-refractivity contribution < 1.29 is 4.74 Å². The topological polar surface area (TPSA) is 80.7 Å². The van der Waals surface area contributed by atoms with E-state index < -0.39 is 0 Å². The molecule has 138 valence electrons. The highest BCUT2D eigenvalue weighted by atomic mass is 16.5. The van der Waals surface area contributed by atoms with Crippen LogP contribution in [0, 0.1) is 0 Å². The normalized spacial score (nSPS) is 19.9. The Bertz CT molecular complexity index is 1080. The molecule has 3 aromatic heterocycles. The Labute approximate surface area is 156 Å². The first kappa shape index (κ1) is 16.3. The molecule has 5 rings (SSSR count). The summed E-state index contributed by atoms with van der Waals surface area (Å²) < 4.78 is 7.98. The van der Waals surface area contributed by atoms with E-state index in [1.807, 2.05) is 17.0 Å². The first-order valence-electron chi connectivity index (χ1n) is 9.41. The highest BCUT2D eigenvalue weighted by Gasteiger charge is 2.25. The minimum Gasteiger partial charge on any atom is -0.368 e. The number of imidazole rings is 1. The molecule has 1 aliphatic rings. The molecular weight excluding hydrogens is 340 g/mol. The summed E-state index contributed by atoms with van der Waals surface area (Å²) in [6.45, 7) is 2.88. The Morgan fingerprint density at radius 3 is 3.04 bits per heavy atom. The molecule has 7 heteroatoms. The van der Waals surface area contributed by atoms with Crippen molar-refractivity contribution in [1.82, 2.24) is 24.5 Å². The zero-order valence-electron chi connectivity index (χ0n) is 15.2. The summed E-state index contributed by atoms with van der Waals surface area (Å²) in [6.07, 6.45) is 8.72. The molecule has 1 aromatic carbocycles. The van der Waals surface area contributed by atoms with Gasteiger partial charge in [0, 0.05) is 23.6 Å². The molecule has 1 fully saturated rings. The van der Waals surface area contributed by atoms with Crippen LogP contribution in [0.2, 0.25) is 0 Å². The van der Waals surface area contributed by atoms with Crippen LogP contribution >= 0.6 is 0 Å². The molecule has 0 bridgehead atoms. The Morgan fingerprint density at radius 2 is 2.15 bits per heavy atom. The van der Waals surface area contributed by atoms with E-state index in [9.17, 15) is 0 Å². The SMILES string of the molecule is CC1CCC(n2cnc3c(NCCc4c[nH]c5ccccc45)ncnc32)O1. The lowest BCUT2D eigenvalue weighted by Crippen LogP contribution is -2.10. The first-order valence-corrected chi connectivity index (χ1v) is 9.41. The van der Waals surface area contributed by atoms with E-state index in [0.29, 0.717) is 0 Å². The van der Waals surface area contributed by atoms with E-state index in [2.05, 4.69) is 56.6 Å². The van der Waals surface area contributed by atoms with Crippen molar-refractivity contribution in [2.24, 2.45) is 0 Å². The third kappa shape index (κ3) is 2.94. The number of aromatic nitrogens is 5. The third-order valence-corrected chi connectivity index (χ3v) is 5.24. The minimum absolute atomic E-state index is 0.0129. The standard InChI is InChI=1S/C20H22N6O/c1-13-6-7-17(27-13)26-12-25-18-19(23-11-24-20(18)26)21-9-8-14-10-22-16-5-3-2-4-15(14)16/h2-5,10-13,17,22H,6-9H2,1H3,(H,21,23,24). The number of anilines is 1. The van der Waals surface area contributed by atoms with Crippen LogP contribution < -0.4 is 5.32 Å². The zero-order valence-corrected chi connectivity index (χ0v) is 15.2. The van der Waals surface area contributed by atoms with Gasteiger partial charge in [0.05, 0.1) is 12.4 Å². The predicted octanol–water partition coefficient (Wildman–Crippen LogP) is 3.66. The third-order valence-electron chi connectivity index (χ3n) is 5.24. The van der Waals surface area contributed by atoms with Gasteiger partial charge in [-0.15, -0.1) is 0 Å². The van der Waals surface area contributed by atoms with Crippen molar-refractivity contribution in [3.05, 3.63) is 48.7 Å². The molecule has 4 aromatic rings. The molecule has 2 N–H and O–H groups in total. The van der Waals surface area contributed by atoms with E-state index in [-0.39, 0.29) is 12.3 Å². The summed E-state index contributed by atoms with van der Waals surface area (Å²) in [7, 11) is 0. The maximum Gasteiger partial charge on any atom is 0.167 e. The Hall–Kier alpha value is -2.93. The van der Waals surface area contributed by atoms with Gasteiger partial charge in [0.15, 0.2) is 17.0 Å². The van der Waals surface area contributed by atoms with E-state index in [1.165, 1.54) is 16.5 Å². The van der Waals surface area contributed by atoms with Gasteiger partial charge in [-0.1, -0.05) is 18.2 Å². The molecular formula is C20H22N6O. The van der Waals surface area contributed by atoms with Gasteiger partial charge < -0.3 is 15.0 Å². The number of fused-ring (bicyclic) bond motifs is 2. The molecule has 2 unspecified atom stereocenters. The molecule has 0 saturated carbocycles. The van der Waals surface area contributed by atoms with Crippen molar-refractivity contribution in [2.75, 3.05) is 11.9 Å². The van der Waals surface area contributed by atoms with Gasteiger partial charge in [-0.05, 0) is 37.8 Å². The van der Waals surface area contributed by atoms with E-state index in [1.54, 1.807) is 6.33 Å². The summed E-state index contributed by atoms with van der Waals surface area (Å²) in [5, 5.41) is 4.69. The fourth-order valence-electron chi connectivity index (χ4n) is 3.83. The van der Waals surface area contributed by atoms with Gasteiger partial charge in [-0.3, -0.25) is 4.57 Å². The van der Waals surface area contributed by atoms with Crippen LogP contribution in [0.25, 0.3) is 22.1 Å². The van der Waals surface area contributed by atoms with Crippen LogP contribution in [0.5, 0.6) is 0 Å². The monoisotopic (exact) mass is 362 g/mol. The first-order chi connectivity index (χ1) is 13.3. The second kappa shape index (κ2) is 6.66. The van der Waals surface area contributed by atoms with E-state index in [0.717, 1.165) is 42.8 Å². The van der Waals surface area contributed by atoms with Gasteiger partial charge >= 0.3 is 0 Å². The average molecular weight is 362 g/mol. The molecule has 0 aliphatic carbocycles. The lowest BCUT2D eigenvalue weighted by atomic mass is 10.1. The lowest BCUT2D eigenvalue weighted by molar-refractivity contribution is 0.0131. The molecule has 1 aliphatic heterocycles. The minimum atomic E-state index is 0.0129. The number of hydrogen-bond acceptors (Lipinski definition) is 5. The molecule has 0 amide bonds. The van der Waals surface area contributed by atoms with E-state index in [4.69, 9.17) is 4.74 Å². The Morgan fingerprint density at radius 1 is 1.22 bits per heavy atom. The number of ether oxygens (including phenoxy) is 1. The highest BCUT2D eigenvalue weighted by Crippen LogP contribution is 2.31. The van der Waals surface area contributed by atoms with Crippen LogP contribution in [0.4, 0.5) is 5.82 Å². The van der Waals surface area contributed by atoms with E-state index >= 15 is 0 Å². The summed E-state index contributed by atoms with van der Waals surface area (Å²) in [4.78, 5) is 16.7. The second-order valence-corrected chi connectivity index (χ2v) is 7.06. The summed E-state index contributed by atoms with van der Waals surface area (Å²) in [5.74, 6) is 0.768. The number of nitrogens with zero attached hydrogens (tertiary/aromatic N) is 4. The van der Waals surface area contributed by atoms with Crippen LogP contribution in [-0.2, 0) is 11.2 Å². The number of benzene rings is 1. The maximum atomic E-state index is 5.96. The number of hydrogen-bond donors (Lipinski definition) is 2. The number of nitrogens with one attached hydrogen (secondary N) is 2. The van der Waals surface area contributed by atoms with Crippen molar-refractivity contribution in [3.63, 3.8) is 0 Å². The highest BCUT2D eigenvalue weighted by molar-refractivity contribution is 5.84. The molecule has 4 heterocycles. The number of rotatable bonds is 5. The molecule has 27 heavy (non-hydrogen) atoms. The maximum absolute atomic E-state index is 5.96. The van der Waals surface area contributed by atoms with Crippen LogP contribution in [0.3, 0.4) is 0 Å². The summed E-state index contributed by atoms with van der Waals surface area (Å²) in [6, 6.07) is 8.36. The van der Waals surface area contributed by atoms with Gasteiger partial charge in [-0.2, -0.15) is 0 Å². The Kier molecular flexibility index (Phi) is 4.01. The van der Waals surface area contributed by atoms with Crippen molar-refractivity contribution in [3.8, 4) is 0 Å². The smallest absolute Gasteiger partial charge is 0.167 e. The zero-order chi connectivity index (χ0) is 18.2. The molecule has 0 spiro atoms. The second-order valence-electron chi connectivity index (χ2n) is 7.06. The van der Waals surface area contributed by atoms with Crippen LogP contribution in [-0.4, -0.2) is 37.2 Å². The van der Waals surface area contributed by atoms with Crippen molar-refractivity contribution in [1.29, 1.82) is 0 Å². The molecule has 7 nitrogen and oxygen atoms in total. The fraction of sp³-hybridized carbons (Fsp3) is 0.350. The number of para-hydroxylation sites is 1. The average Bonchev–Trinajstić information content (AvgIpc) is 3.40. The summed E-state index contributed by atoms with van der Waals surface area (Å²) in [5.41, 5.74) is 4.07. The Balaban J connectivity index is 1.34. The van der Waals surface area contributed by atoms with Gasteiger partial charge in [0.2, 0.25) is 0 Å². The van der Waals surface area contributed by atoms with Gasteiger partial charge in [0.25, 0.3) is 0 Å². The van der Waals surface area contributed by atoms with Gasteiger partial charge in [0.1, 0.15) is 12.6 Å². The predicted molar refractivity (Wildman–Crippen MR) is 105 cm³/mol.